The van der Waals surface area contributed by atoms with Crippen LogP contribution in [0.25, 0.3) is 0 Å². The van der Waals surface area contributed by atoms with Crippen molar-refractivity contribution in [3.05, 3.63) is 71.2 Å². The number of nitrogens with one attached hydrogen (secondary N) is 2. The summed E-state index contributed by atoms with van der Waals surface area (Å²) in [6, 6.07) is -0.691. The fourth-order valence-corrected chi connectivity index (χ4v) is 3.83. The molecule has 216 valence electrons. The quantitative estimate of drug-likeness (QED) is 0.161. The molecule has 1 heterocycles. The highest BCUT2D eigenvalue weighted by atomic mass is 35.5. The van der Waals surface area contributed by atoms with E-state index < -0.39 is 12.0 Å². The number of hydrogen-bond acceptors (Lipinski definition) is 6. The predicted octanol–water partition coefficient (Wildman–Crippen LogP) is 5.24. The minimum atomic E-state index is -0.691. The molecule has 0 spiro atoms. The van der Waals surface area contributed by atoms with Gasteiger partial charge in [-0.25, -0.2) is 4.79 Å². The molecule has 0 fully saturated rings. The summed E-state index contributed by atoms with van der Waals surface area (Å²) < 4.78 is 15.8. The van der Waals surface area contributed by atoms with E-state index in [9.17, 15) is 14.4 Å². The standard InChI is InChI=1S/C30H43ClN2O6/c1-20(2)28(29(35)32-18-10-12-24(37-6)15-14-23(5)31)33-27(34)13-9-8-11-21(3)19-22(4)25-16-17-26(38-7)30(36)39-25/h8-11,13-14,17-20,22,24-25,28H,12,15-16H2,1-7H3,(H,32,35)(H,33,34)/b11-8-,13-9-,18-10-,21-19+,23-14+/t22-,24+,25-,28-/m0/s1. The zero-order valence-corrected chi connectivity index (χ0v) is 24.8. The van der Waals surface area contributed by atoms with Crippen LogP contribution in [0.5, 0.6) is 0 Å². The molecule has 0 radical (unpaired) electrons. The van der Waals surface area contributed by atoms with Gasteiger partial charge in [0, 0.05) is 30.6 Å². The minimum Gasteiger partial charge on any atom is -0.490 e. The molecular weight excluding hydrogens is 520 g/mol. The molecule has 0 aromatic heterocycles. The van der Waals surface area contributed by atoms with Crippen molar-refractivity contribution in [2.75, 3.05) is 14.2 Å². The first-order valence-electron chi connectivity index (χ1n) is 13.1. The van der Waals surface area contributed by atoms with Crippen LogP contribution in [0.3, 0.4) is 0 Å². The third kappa shape index (κ3) is 13.5. The molecule has 0 aromatic carbocycles. The number of methoxy groups -OCH3 is 2. The van der Waals surface area contributed by atoms with E-state index in [0.717, 1.165) is 5.57 Å². The van der Waals surface area contributed by atoms with Crippen LogP contribution in [0, 0.1) is 11.8 Å². The van der Waals surface area contributed by atoms with Crippen LogP contribution in [0.2, 0.25) is 0 Å². The Balaban J connectivity index is 2.59. The smallest absolute Gasteiger partial charge is 0.373 e. The lowest BCUT2D eigenvalue weighted by atomic mass is 9.97. The fourth-order valence-electron chi connectivity index (χ4n) is 3.74. The van der Waals surface area contributed by atoms with Crippen LogP contribution < -0.4 is 10.6 Å². The van der Waals surface area contributed by atoms with Gasteiger partial charge < -0.3 is 24.8 Å². The second-order valence-electron chi connectivity index (χ2n) is 9.70. The first kappa shape index (κ1) is 33.9. The molecule has 39 heavy (non-hydrogen) atoms. The van der Waals surface area contributed by atoms with E-state index in [1.165, 1.54) is 13.2 Å². The van der Waals surface area contributed by atoms with Gasteiger partial charge in [0.25, 0.3) is 0 Å². The Kier molecular flexibility index (Phi) is 15.9. The molecule has 0 saturated heterocycles. The van der Waals surface area contributed by atoms with Crippen LogP contribution in [0.15, 0.2) is 71.2 Å². The largest absolute Gasteiger partial charge is 0.490 e. The van der Waals surface area contributed by atoms with E-state index in [0.29, 0.717) is 24.3 Å². The monoisotopic (exact) mass is 562 g/mol. The SMILES string of the molecule is COC1=CC[C@@H]([C@@H](C)/C=C(C)/C=C\C=C/C(=O)N[C@H](C(=O)N/C=C\C[C@H](C/C=C(\C)Cl)OC)C(C)C)OC1=O. The number of esters is 1. The average molecular weight is 563 g/mol. The van der Waals surface area contributed by atoms with E-state index in [4.69, 9.17) is 25.8 Å². The zero-order valence-electron chi connectivity index (χ0n) is 24.0. The summed E-state index contributed by atoms with van der Waals surface area (Å²) in [5, 5.41) is 6.19. The van der Waals surface area contributed by atoms with Gasteiger partial charge in [-0.05, 0) is 44.9 Å². The normalized spacial score (nSPS) is 19.3. The molecule has 2 N–H and O–H groups in total. The molecule has 1 aliphatic heterocycles. The highest BCUT2D eigenvalue weighted by Gasteiger charge is 2.27. The molecule has 0 unspecified atom stereocenters. The lowest BCUT2D eigenvalue weighted by molar-refractivity contribution is -0.151. The molecule has 9 heteroatoms. The topological polar surface area (TPSA) is 103 Å². The van der Waals surface area contributed by atoms with Gasteiger partial charge >= 0.3 is 5.97 Å². The molecular formula is C30H43ClN2O6. The Bertz CT molecular complexity index is 1000. The van der Waals surface area contributed by atoms with Crippen LogP contribution >= 0.6 is 11.6 Å². The lowest BCUT2D eigenvalue weighted by Crippen LogP contribution is -2.48. The summed E-state index contributed by atoms with van der Waals surface area (Å²) in [5.41, 5.74) is 0.959. The maximum atomic E-state index is 12.6. The number of carbonyl (C=O) groups is 3. The van der Waals surface area contributed by atoms with Crippen LogP contribution in [0.4, 0.5) is 0 Å². The van der Waals surface area contributed by atoms with E-state index in [2.05, 4.69) is 10.6 Å². The molecule has 0 bridgehead atoms. The second-order valence-corrected chi connectivity index (χ2v) is 10.3. The number of halogens is 1. The van der Waals surface area contributed by atoms with Crippen LogP contribution in [0.1, 0.15) is 53.9 Å². The molecule has 1 aliphatic rings. The zero-order chi connectivity index (χ0) is 29.4. The van der Waals surface area contributed by atoms with Crippen LogP contribution in [-0.2, 0) is 28.6 Å². The fraction of sp³-hybridized carbons (Fsp3) is 0.500. The highest BCUT2D eigenvalue weighted by Crippen LogP contribution is 2.22. The lowest BCUT2D eigenvalue weighted by Gasteiger charge is -2.25. The van der Waals surface area contributed by atoms with Gasteiger partial charge in [-0.3, -0.25) is 9.59 Å². The van der Waals surface area contributed by atoms with Crippen molar-refractivity contribution in [3.63, 3.8) is 0 Å². The van der Waals surface area contributed by atoms with Gasteiger partial charge in [0.15, 0.2) is 5.76 Å². The van der Waals surface area contributed by atoms with Crippen molar-refractivity contribution in [1.82, 2.24) is 10.6 Å². The Morgan fingerprint density at radius 2 is 1.85 bits per heavy atom. The number of allylic oxidation sites excluding steroid dienone is 5. The molecule has 2 amide bonds. The number of rotatable bonds is 15. The van der Waals surface area contributed by atoms with Gasteiger partial charge in [0.2, 0.25) is 11.8 Å². The van der Waals surface area contributed by atoms with Gasteiger partial charge in [0.1, 0.15) is 12.1 Å². The van der Waals surface area contributed by atoms with Crippen molar-refractivity contribution in [3.8, 4) is 0 Å². The van der Waals surface area contributed by atoms with Crippen LogP contribution in [-0.4, -0.2) is 50.3 Å². The Hall–Kier alpha value is -3.10. The first-order valence-corrected chi connectivity index (χ1v) is 13.4. The first-order chi connectivity index (χ1) is 18.5. The van der Waals surface area contributed by atoms with Crippen molar-refractivity contribution in [2.45, 2.75) is 72.1 Å². The number of amides is 2. The third-order valence-electron chi connectivity index (χ3n) is 6.03. The third-order valence-corrected chi connectivity index (χ3v) is 6.18. The van der Waals surface area contributed by atoms with E-state index in [-0.39, 0.29) is 41.6 Å². The summed E-state index contributed by atoms with van der Waals surface area (Å²) >= 11 is 5.86. The van der Waals surface area contributed by atoms with E-state index in [1.54, 1.807) is 31.5 Å². The molecule has 0 aliphatic carbocycles. The molecule has 0 saturated carbocycles. The van der Waals surface area contributed by atoms with Crippen molar-refractivity contribution < 1.29 is 28.6 Å². The number of hydrogen-bond donors (Lipinski definition) is 2. The maximum absolute atomic E-state index is 12.6. The number of cyclic esters (lactones) is 1. The molecule has 8 nitrogen and oxygen atoms in total. The highest BCUT2D eigenvalue weighted by molar-refractivity contribution is 6.29. The molecule has 4 atom stereocenters. The molecule has 0 aromatic rings. The van der Waals surface area contributed by atoms with Crippen molar-refractivity contribution in [1.29, 1.82) is 0 Å². The van der Waals surface area contributed by atoms with Crippen molar-refractivity contribution >= 4 is 29.4 Å². The number of carbonyl (C=O) groups excluding carboxylic acids is 3. The maximum Gasteiger partial charge on any atom is 0.373 e. The summed E-state index contributed by atoms with van der Waals surface area (Å²) in [6.45, 7) is 9.45. The summed E-state index contributed by atoms with van der Waals surface area (Å²) in [5.74, 6) is -0.987. The molecule has 1 rings (SSSR count). The van der Waals surface area contributed by atoms with Gasteiger partial charge in [0.05, 0.1) is 13.2 Å². The summed E-state index contributed by atoms with van der Waals surface area (Å²) in [7, 11) is 3.07. The Labute approximate surface area is 237 Å². The van der Waals surface area contributed by atoms with Gasteiger partial charge in [-0.2, -0.15) is 0 Å². The Morgan fingerprint density at radius 3 is 2.44 bits per heavy atom. The Morgan fingerprint density at radius 1 is 1.15 bits per heavy atom. The average Bonchev–Trinajstić information content (AvgIpc) is 2.88. The van der Waals surface area contributed by atoms with E-state index >= 15 is 0 Å². The number of ether oxygens (including phenoxy) is 3. The predicted molar refractivity (Wildman–Crippen MR) is 154 cm³/mol. The summed E-state index contributed by atoms with van der Waals surface area (Å²) in [4.78, 5) is 36.9. The summed E-state index contributed by atoms with van der Waals surface area (Å²) in [6.07, 6.45) is 17.2. The second kappa shape index (κ2) is 18.2. The van der Waals surface area contributed by atoms with Gasteiger partial charge in [-0.1, -0.05) is 74.4 Å². The van der Waals surface area contributed by atoms with Gasteiger partial charge in [-0.15, -0.1) is 0 Å². The van der Waals surface area contributed by atoms with Crippen molar-refractivity contribution in [2.24, 2.45) is 11.8 Å². The minimum absolute atomic E-state index is 0.00644. The van der Waals surface area contributed by atoms with E-state index in [1.807, 2.05) is 58.9 Å².